The quantitative estimate of drug-likeness (QED) is 0.858. The molecule has 0 spiro atoms. The first-order valence-corrected chi connectivity index (χ1v) is 6.45. The number of halogens is 1. The Morgan fingerprint density at radius 2 is 2.00 bits per heavy atom. The van der Waals surface area contributed by atoms with E-state index in [1.54, 1.807) is 24.3 Å². The van der Waals surface area contributed by atoms with Crippen LogP contribution in [0.4, 0.5) is 4.39 Å². The van der Waals surface area contributed by atoms with Gasteiger partial charge in [0, 0.05) is 12.1 Å². The first kappa shape index (κ1) is 15.0. The van der Waals surface area contributed by atoms with Crippen molar-refractivity contribution in [2.45, 2.75) is 12.6 Å². The molecule has 2 rings (SSSR count). The highest BCUT2D eigenvalue weighted by atomic mass is 19.1. The molecule has 0 radical (unpaired) electrons. The second kappa shape index (κ2) is 6.85. The van der Waals surface area contributed by atoms with Crippen LogP contribution in [-0.2, 0) is 11.3 Å². The van der Waals surface area contributed by atoms with Gasteiger partial charge in [0.2, 0.25) is 0 Å². The monoisotopic (exact) mass is 289 g/mol. The molecule has 21 heavy (non-hydrogen) atoms. The molecule has 0 fully saturated rings. The maximum atomic E-state index is 13.3. The third-order valence-corrected chi connectivity index (χ3v) is 3.12. The highest BCUT2D eigenvalue weighted by Gasteiger charge is 2.19. The van der Waals surface area contributed by atoms with Gasteiger partial charge in [-0.2, -0.15) is 0 Å². The summed E-state index contributed by atoms with van der Waals surface area (Å²) in [6.45, 7) is 0.187. The van der Waals surface area contributed by atoms with Gasteiger partial charge in [-0.3, -0.25) is 10.1 Å². The molecule has 0 bridgehead atoms. The van der Waals surface area contributed by atoms with Crippen LogP contribution in [-0.4, -0.2) is 18.2 Å². The fourth-order valence-corrected chi connectivity index (χ4v) is 2.09. The summed E-state index contributed by atoms with van der Waals surface area (Å²) in [6.07, 6.45) is 0. The number of aliphatic carboxylic acids is 1. The van der Waals surface area contributed by atoms with Crippen molar-refractivity contribution in [1.82, 2.24) is 5.32 Å². The van der Waals surface area contributed by atoms with Crippen molar-refractivity contribution in [3.8, 4) is 5.75 Å². The number of hydrogen-bond acceptors (Lipinski definition) is 3. The van der Waals surface area contributed by atoms with E-state index in [2.05, 4.69) is 5.32 Å². The number of benzene rings is 2. The fraction of sp³-hybridized carbons (Fsp3) is 0.188. The molecule has 0 aliphatic heterocycles. The predicted octanol–water partition coefficient (Wildman–Crippen LogP) is 2.75. The molecule has 0 aromatic heterocycles. The number of hydrogen-bond donors (Lipinski definition) is 2. The van der Waals surface area contributed by atoms with Crippen LogP contribution in [0.25, 0.3) is 0 Å². The average molecular weight is 289 g/mol. The molecule has 5 heteroatoms. The summed E-state index contributed by atoms with van der Waals surface area (Å²) in [6, 6.07) is 12.1. The number of carboxylic acid groups (broad SMARTS) is 1. The summed E-state index contributed by atoms with van der Waals surface area (Å²) >= 11 is 0. The second-order valence-corrected chi connectivity index (χ2v) is 4.52. The summed E-state index contributed by atoms with van der Waals surface area (Å²) in [5, 5.41) is 12.2. The van der Waals surface area contributed by atoms with Gasteiger partial charge >= 0.3 is 5.97 Å². The van der Waals surface area contributed by atoms with E-state index in [4.69, 9.17) is 4.74 Å². The van der Waals surface area contributed by atoms with Gasteiger partial charge in [0.05, 0.1) is 7.11 Å². The lowest BCUT2D eigenvalue weighted by atomic mass is 10.1. The van der Waals surface area contributed by atoms with Crippen molar-refractivity contribution >= 4 is 5.97 Å². The number of carboxylic acids is 1. The molecule has 0 aliphatic rings. The maximum Gasteiger partial charge on any atom is 0.325 e. The highest BCUT2D eigenvalue weighted by molar-refractivity contribution is 5.75. The number of nitrogens with one attached hydrogen (secondary N) is 1. The first-order chi connectivity index (χ1) is 10.1. The van der Waals surface area contributed by atoms with Gasteiger partial charge in [0.25, 0.3) is 0 Å². The molecule has 4 nitrogen and oxygen atoms in total. The molecule has 2 aromatic rings. The van der Waals surface area contributed by atoms with Crippen LogP contribution in [0, 0.1) is 5.82 Å². The zero-order chi connectivity index (χ0) is 15.2. The van der Waals surface area contributed by atoms with E-state index in [1.165, 1.54) is 25.3 Å². The second-order valence-electron chi connectivity index (χ2n) is 4.52. The van der Waals surface area contributed by atoms with Gasteiger partial charge in [-0.05, 0) is 23.8 Å². The minimum absolute atomic E-state index is 0.187. The summed E-state index contributed by atoms with van der Waals surface area (Å²) in [4.78, 5) is 11.4. The Hall–Kier alpha value is -2.40. The molecule has 0 saturated carbocycles. The first-order valence-electron chi connectivity index (χ1n) is 6.45. The van der Waals surface area contributed by atoms with Crippen LogP contribution in [0.3, 0.4) is 0 Å². The van der Waals surface area contributed by atoms with Crippen molar-refractivity contribution in [2.24, 2.45) is 0 Å². The van der Waals surface area contributed by atoms with Crippen molar-refractivity contribution in [2.75, 3.05) is 7.11 Å². The molecule has 0 amide bonds. The predicted molar refractivity (Wildman–Crippen MR) is 76.6 cm³/mol. The van der Waals surface area contributed by atoms with Gasteiger partial charge in [0.1, 0.15) is 17.6 Å². The Kier molecular flexibility index (Phi) is 4.90. The molecule has 0 saturated heterocycles. The number of ether oxygens (including phenoxy) is 1. The topological polar surface area (TPSA) is 58.6 Å². The zero-order valence-electron chi connectivity index (χ0n) is 11.5. The Bertz CT molecular complexity index is 616. The summed E-state index contributed by atoms with van der Waals surface area (Å²) in [5.41, 5.74) is 1.21. The van der Waals surface area contributed by atoms with Crippen molar-refractivity contribution in [1.29, 1.82) is 0 Å². The lowest BCUT2D eigenvalue weighted by Crippen LogP contribution is -2.28. The standard InChI is InChI=1S/C16H16FNO3/c1-21-14-8-7-13(17)9-12(14)10-18-15(16(19)20)11-5-3-2-4-6-11/h2-9,15,18H,10H2,1H3,(H,19,20). The molecule has 2 N–H and O–H groups in total. The fourth-order valence-electron chi connectivity index (χ4n) is 2.09. The van der Waals surface area contributed by atoms with Crippen LogP contribution in [0.1, 0.15) is 17.2 Å². The SMILES string of the molecule is COc1ccc(F)cc1CNC(C(=O)O)c1ccccc1. The minimum atomic E-state index is -0.989. The normalized spacial score (nSPS) is 11.9. The third-order valence-electron chi connectivity index (χ3n) is 3.12. The van der Waals surface area contributed by atoms with Gasteiger partial charge in [-0.25, -0.2) is 4.39 Å². The molecule has 0 heterocycles. The van der Waals surface area contributed by atoms with E-state index in [9.17, 15) is 14.3 Å². The van der Waals surface area contributed by atoms with E-state index >= 15 is 0 Å². The van der Waals surface area contributed by atoms with Crippen molar-refractivity contribution in [3.05, 3.63) is 65.5 Å². The Balaban J connectivity index is 2.16. The van der Waals surface area contributed by atoms with E-state index < -0.39 is 12.0 Å². The average Bonchev–Trinajstić information content (AvgIpc) is 2.48. The smallest absolute Gasteiger partial charge is 0.325 e. The number of carbonyl (C=O) groups is 1. The van der Waals surface area contributed by atoms with Crippen LogP contribution in [0.5, 0.6) is 5.75 Å². The van der Waals surface area contributed by atoms with E-state index in [-0.39, 0.29) is 12.4 Å². The molecular formula is C16H16FNO3. The maximum absolute atomic E-state index is 13.3. The summed E-state index contributed by atoms with van der Waals surface area (Å²) in [5.74, 6) is -0.864. The largest absolute Gasteiger partial charge is 0.496 e. The zero-order valence-corrected chi connectivity index (χ0v) is 11.5. The van der Waals surface area contributed by atoms with Crippen molar-refractivity contribution < 1.29 is 19.0 Å². The highest BCUT2D eigenvalue weighted by Crippen LogP contribution is 2.21. The third kappa shape index (κ3) is 3.79. The Morgan fingerprint density at radius 1 is 1.29 bits per heavy atom. The van der Waals surface area contributed by atoms with Crippen molar-refractivity contribution in [3.63, 3.8) is 0 Å². The molecule has 1 atom stereocenters. The Morgan fingerprint density at radius 3 is 2.62 bits per heavy atom. The van der Waals surface area contributed by atoms with Crippen LogP contribution >= 0.6 is 0 Å². The molecule has 1 unspecified atom stereocenters. The summed E-state index contributed by atoms with van der Waals surface area (Å²) in [7, 11) is 1.49. The number of rotatable bonds is 6. The van der Waals surface area contributed by atoms with Crippen LogP contribution in [0.2, 0.25) is 0 Å². The molecule has 110 valence electrons. The van der Waals surface area contributed by atoms with Gasteiger partial charge in [-0.1, -0.05) is 30.3 Å². The van der Waals surface area contributed by atoms with Crippen LogP contribution in [0.15, 0.2) is 48.5 Å². The minimum Gasteiger partial charge on any atom is -0.496 e. The molecule has 2 aromatic carbocycles. The Labute approximate surface area is 122 Å². The molecular weight excluding hydrogens is 273 g/mol. The van der Waals surface area contributed by atoms with Gasteiger partial charge in [-0.15, -0.1) is 0 Å². The van der Waals surface area contributed by atoms with Crippen LogP contribution < -0.4 is 10.1 Å². The molecule has 0 aliphatic carbocycles. The lowest BCUT2D eigenvalue weighted by Gasteiger charge is -2.16. The van der Waals surface area contributed by atoms with E-state index in [1.807, 2.05) is 6.07 Å². The summed E-state index contributed by atoms with van der Waals surface area (Å²) < 4.78 is 18.4. The van der Waals surface area contributed by atoms with Gasteiger partial charge < -0.3 is 9.84 Å². The number of methoxy groups -OCH3 is 1. The lowest BCUT2D eigenvalue weighted by molar-refractivity contribution is -0.139. The van der Waals surface area contributed by atoms with Gasteiger partial charge in [0.15, 0.2) is 0 Å². The van der Waals surface area contributed by atoms with E-state index in [0.717, 1.165) is 0 Å². The van der Waals surface area contributed by atoms with E-state index in [0.29, 0.717) is 16.9 Å².